The van der Waals surface area contributed by atoms with Gasteiger partial charge in [0.25, 0.3) is 11.8 Å². The molecule has 1 aromatic heterocycles. The number of methoxy groups -OCH3 is 1. The zero-order valence-corrected chi connectivity index (χ0v) is 25.5. The summed E-state index contributed by atoms with van der Waals surface area (Å²) in [5.74, 6) is -1.29. The van der Waals surface area contributed by atoms with E-state index >= 15 is 0 Å². The van der Waals surface area contributed by atoms with Gasteiger partial charge in [-0.2, -0.15) is 0 Å². The van der Waals surface area contributed by atoms with Gasteiger partial charge in [0.05, 0.1) is 41.9 Å². The number of carbonyl (C=O) groups is 2. The monoisotopic (exact) mass is 630 g/mol. The fourth-order valence-corrected chi connectivity index (χ4v) is 7.33. The lowest BCUT2D eigenvalue weighted by atomic mass is 9.76. The molecule has 2 aromatic carbocycles. The summed E-state index contributed by atoms with van der Waals surface area (Å²) in [6.07, 6.45) is 6.38. The number of hydroxylamine groups is 1. The maximum Gasteiger partial charge on any atom is 0.255 e. The number of ether oxygens (including phenoxy) is 1. The largest absolute Gasteiger partial charge is 0.598 e. The smallest absolute Gasteiger partial charge is 0.255 e. The fourth-order valence-electron chi connectivity index (χ4n) is 6.05. The normalized spacial score (nSPS) is 22.8. The molecular formula is C30H32Cl2N4O5S. The van der Waals surface area contributed by atoms with E-state index < -0.39 is 29.2 Å². The second-order valence-corrected chi connectivity index (χ2v) is 12.3. The van der Waals surface area contributed by atoms with Crippen molar-refractivity contribution in [2.75, 3.05) is 13.4 Å². The van der Waals surface area contributed by atoms with Crippen LogP contribution in [-0.4, -0.2) is 51.7 Å². The minimum atomic E-state index is -1.32. The molecule has 0 saturated heterocycles. The van der Waals surface area contributed by atoms with E-state index in [1.54, 1.807) is 65.9 Å². The van der Waals surface area contributed by atoms with Crippen LogP contribution in [0.4, 0.5) is 0 Å². The Labute approximate surface area is 258 Å². The van der Waals surface area contributed by atoms with E-state index in [4.69, 9.17) is 32.8 Å². The van der Waals surface area contributed by atoms with E-state index in [0.717, 1.165) is 19.3 Å². The molecular weight excluding hydrogens is 599 g/mol. The average molecular weight is 632 g/mol. The van der Waals surface area contributed by atoms with E-state index in [0.29, 0.717) is 39.6 Å². The first-order valence-corrected chi connectivity index (χ1v) is 16.0. The Bertz CT molecular complexity index is 1430. The molecule has 2 amide bonds. The number of nitrogens with zero attached hydrogens (tertiary/aromatic N) is 2. The Morgan fingerprint density at radius 2 is 1.90 bits per heavy atom. The van der Waals surface area contributed by atoms with Gasteiger partial charge in [0, 0.05) is 33.7 Å². The Morgan fingerprint density at radius 3 is 2.64 bits per heavy atom. The van der Waals surface area contributed by atoms with Crippen LogP contribution in [0, 0.1) is 0 Å². The lowest BCUT2D eigenvalue weighted by molar-refractivity contribution is -0.138. The van der Waals surface area contributed by atoms with E-state index in [1.807, 2.05) is 6.07 Å². The van der Waals surface area contributed by atoms with Crippen molar-refractivity contribution in [1.82, 2.24) is 20.1 Å². The first kappa shape index (κ1) is 30.6. The van der Waals surface area contributed by atoms with Crippen LogP contribution in [-0.2, 0) is 27.6 Å². The van der Waals surface area contributed by atoms with Gasteiger partial charge in [0.15, 0.2) is 0 Å². The number of hydrogen-bond donors (Lipinski definition) is 2. The highest BCUT2D eigenvalue weighted by Gasteiger charge is 2.50. The fraction of sp³-hybridized carbons (Fsp3) is 0.367. The molecule has 0 spiro atoms. The van der Waals surface area contributed by atoms with Crippen LogP contribution < -0.4 is 14.9 Å². The minimum Gasteiger partial charge on any atom is -0.598 e. The predicted octanol–water partition coefficient (Wildman–Crippen LogP) is 5.12. The summed E-state index contributed by atoms with van der Waals surface area (Å²) < 4.78 is 21.2. The molecule has 222 valence electrons. The zero-order chi connectivity index (χ0) is 29.8. The molecule has 1 unspecified atom stereocenters. The molecule has 0 radical (unpaired) electrons. The molecule has 2 heterocycles. The molecule has 9 nitrogen and oxygen atoms in total. The highest BCUT2D eigenvalue weighted by Crippen LogP contribution is 2.50. The standard InChI is InChI=1S/C30H32Cl2N4O5S/c1-40-25-16-18(31)15-22(32)27(25)28-26(29(37)34-41-17-19-9-7-8-14-33-19)20-10-3-4-11-21(20)30(38)36(28)24-13-6-5-12-23(24)35-42(2)39/h3-4,7-11,14-16,23-24,26,28,35H,5-6,12-13,17H2,1-2H3,(H,34,37)/t23-,24-,26+,28+,42?/m0/s1. The number of benzene rings is 2. The summed E-state index contributed by atoms with van der Waals surface area (Å²) in [5.41, 5.74) is 4.64. The SMILES string of the molecule is COc1cc(Cl)cc(Cl)c1[C@H]1[C@H](C(=O)NOCc2ccccn2)c2ccccc2C(=O)N1[C@H]1CCCC[C@@H]1N[S+](C)[O-]. The molecule has 3 aromatic rings. The van der Waals surface area contributed by atoms with Crippen molar-refractivity contribution in [3.05, 3.63) is 93.2 Å². The summed E-state index contributed by atoms with van der Waals surface area (Å²) in [4.78, 5) is 40.1. The quantitative estimate of drug-likeness (QED) is 0.249. The van der Waals surface area contributed by atoms with Gasteiger partial charge in [0.1, 0.15) is 18.6 Å². The maximum atomic E-state index is 14.4. The van der Waals surface area contributed by atoms with E-state index in [-0.39, 0.29) is 29.6 Å². The summed E-state index contributed by atoms with van der Waals surface area (Å²) in [5, 5.41) is 0.612. The second kappa shape index (κ2) is 13.6. The predicted molar refractivity (Wildman–Crippen MR) is 162 cm³/mol. The second-order valence-electron chi connectivity index (χ2n) is 10.3. The number of nitrogens with one attached hydrogen (secondary N) is 2. The van der Waals surface area contributed by atoms with Crippen molar-refractivity contribution in [2.45, 2.75) is 56.3 Å². The highest BCUT2D eigenvalue weighted by atomic mass is 35.5. The van der Waals surface area contributed by atoms with E-state index in [2.05, 4.69) is 15.2 Å². The molecule has 2 aliphatic rings. The van der Waals surface area contributed by atoms with Crippen molar-refractivity contribution in [1.29, 1.82) is 0 Å². The van der Waals surface area contributed by atoms with Gasteiger partial charge >= 0.3 is 0 Å². The summed E-state index contributed by atoms with van der Waals surface area (Å²) in [7, 11) is 1.49. The van der Waals surface area contributed by atoms with Crippen molar-refractivity contribution in [3.63, 3.8) is 0 Å². The minimum absolute atomic E-state index is 0.0518. The molecule has 12 heteroatoms. The molecule has 1 saturated carbocycles. The van der Waals surface area contributed by atoms with Gasteiger partial charge in [-0.1, -0.05) is 60.3 Å². The maximum absolute atomic E-state index is 14.4. The number of aromatic nitrogens is 1. The van der Waals surface area contributed by atoms with Crippen molar-refractivity contribution < 1.29 is 23.7 Å². The number of fused-ring (bicyclic) bond motifs is 1. The third-order valence-corrected chi connectivity index (χ3v) is 8.92. The average Bonchev–Trinajstić information content (AvgIpc) is 2.97. The number of rotatable bonds is 9. The summed E-state index contributed by atoms with van der Waals surface area (Å²) >= 11 is 11.9. The molecule has 42 heavy (non-hydrogen) atoms. The molecule has 0 bridgehead atoms. The number of amides is 2. The Hall–Kier alpha value is -2.86. The summed E-state index contributed by atoms with van der Waals surface area (Å²) in [6.45, 7) is 0.0518. The van der Waals surface area contributed by atoms with Crippen molar-refractivity contribution in [3.8, 4) is 5.75 Å². The van der Waals surface area contributed by atoms with Crippen LogP contribution in [0.1, 0.15) is 64.8 Å². The van der Waals surface area contributed by atoms with Gasteiger partial charge in [-0.05, 0) is 48.7 Å². The van der Waals surface area contributed by atoms with Crippen LogP contribution in [0.15, 0.2) is 60.8 Å². The van der Waals surface area contributed by atoms with E-state index in [1.165, 1.54) is 7.11 Å². The molecule has 1 aliphatic carbocycles. The van der Waals surface area contributed by atoms with Crippen LogP contribution in [0.25, 0.3) is 0 Å². The van der Waals surface area contributed by atoms with Gasteiger partial charge in [-0.3, -0.25) is 19.4 Å². The number of pyridine rings is 1. The topological polar surface area (TPSA) is 116 Å². The first-order valence-electron chi connectivity index (χ1n) is 13.7. The molecule has 1 fully saturated rings. The molecule has 5 rings (SSSR count). The first-order chi connectivity index (χ1) is 20.3. The number of carbonyl (C=O) groups excluding carboxylic acids is 2. The van der Waals surface area contributed by atoms with Gasteiger partial charge < -0.3 is 14.2 Å². The van der Waals surface area contributed by atoms with Crippen molar-refractivity contribution >= 4 is 46.4 Å². The lowest BCUT2D eigenvalue weighted by Gasteiger charge is -2.49. The van der Waals surface area contributed by atoms with Gasteiger partial charge in [-0.15, -0.1) is 4.72 Å². The Kier molecular flexibility index (Phi) is 9.92. The third-order valence-electron chi connectivity index (χ3n) is 7.75. The Balaban J connectivity index is 1.64. The number of hydrogen-bond acceptors (Lipinski definition) is 7. The third kappa shape index (κ3) is 6.39. The Morgan fingerprint density at radius 1 is 1.14 bits per heavy atom. The molecule has 1 aliphatic heterocycles. The van der Waals surface area contributed by atoms with Crippen LogP contribution in [0.3, 0.4) is 0 Å². The number of halogens is 2. The molecule has 5 atom stereocenters. The van der Waals surface area contributed by atoms with Crippen LogP contribution in [0.2, 0.25) is 10.0 Å². The zero-order valence-electron chi connectivity index (χ0n) is 23.2. The van der Waals surface area contributed by atoms with Crippen LogP contribution in [0.5, 0.6) is 5.75 Å². The highest BCUT2D eigenvalue weighted by molar-refractivity contribution is 7.88. The lowest BCUT2D eigenvalue weighted by Crippen LogP contribution is -2.59. The molecule has 2 N–H and O–H groups in total. The summed E-state index contributed by atoms with van der Waals surface area (Å²) in [6, 6.07) is 14.1. The van der Waals surface area contributed by atoms with Crippen LogP contribution >= 0.6 is 23.2 Å². The van der Waals surface area contributed by atoms with E-state index in [9.17, 15) is 14.1 Å². The van der Waals surface area contributed by atoms with Gasteiger partial charge in [-0.25, -0.2) is 5.48 Å². The van der Waals surface area contributed by atoms with Gasteiger partial charge in [0.2, 0.25) is 0 Å². The van der Waals surface area contributed by atoms with Crippen molar-refractivity contribution in [2.24, 2.45) is 0 Å².